The first kappa shape index (κ1) is 14.0. The molecule has 6 heteroatoms. The van der Waals surface area contributed by atoms with Crippen molar-refractivity contribution in [2.45, 2.75) is 31.8 Å². The zero-order valence-corrected chi connectivity index (χ0v) is 11.7. The minimum absolute atomic E-state index is 0.00935. The van der Waals surface area contributed by atoms with Crippen LogP contribution < -0.4 is 11.1 Å². The van der Waals surface area contributed by atoms with E-state index in [1.165, 1.54) is 0 Å². The quantitative estimate of drug-likeness (QED) is 0.805. The maximum absolute atomic E-state index is 11.7. The van der Waals surface area contributed by atoms with Crippen molar-refractivity contribution in [2.75, 3.05) is 19.6 Å². The fourth-order valence-corrected chi connectivity index (χ4v) is 2.61. The summed E-state index contributed by atoms with van der Waals surface area (Å²) in [7, 11) is 1.90. The molecule has 0 bridgehead atoms. The molecule has 0 spiro atoms. The number of hydrogen-bond donors (Lipinski definition) is 2. The van der Waals surface area contributed by atoms with Crippen LogP contribution in [0.25, 0.3) is 0 Å². The Balaban J connectivity index is 2.23. The van der Waals surface area contributed by atoms with Crippen LogP contribution >= 0.6 is 0 Å². The van der Waals surface area contributed by atoms with Gasteiger partial charge in [0, 0.05) is 37.9 Å². The molecule has 19 heavy (non-hydrogen) atoms. The molecule has 1 amide bonds. The molecule has 2 heterocycles. The molecule has 2 atom stereocenters. The zero-order valence-electron chi connectivity index (χ0n) is 11.7. The summed E-state index contributed by atoms with van der Waals surface area (Å²) in [6.07, 6.45) is 5.67. The second-order valence-corrected chi connectivity index (χ2v) is 5.14. The number of hydrogen-bond acceptors (Lipinski definition) is 4. The van der Waals surface area contributed by atoms with Gasteiger partial charge in [-0.3, -0.25) is 14.4 Å². The third-order valence-electron chi connectivity index (χ3n) is 3.63. The van der Waals surface area contributed by atoms with E-state index < -0.39 is 0 Å². The number of aryl methyl sites for hydroxylation is 1. The molecular weight excluding hydrogens is 242 g/mol. The van der Waals surface area contributed by atoms with E-state index in [0.717, 1.165) is 31.5 Å². The predicted octanol–water partition coefficient (Wildman–Crippen LogP) is 0.0204. The van der Waals surface area contributed by atoms with Crippen LogP contribution in [0.1, 0.15) is 31.4 Å². The van der Waals surface area contributed by atoms with Gasteiger partial charge >= 0.3 is 0 Å². The number of nitrogens with two attached hydrogens (primary N) is 1. The number of amides is 1. The van der Waals surface area contributed by atoms with Crippen molar-refractivity contribution in [3.8, 4) is 0 Å². The van der Waals surface area contributed by atoms with Gasteiger partial charge in [0.2, 0.25) is 5.91 Å². The Bertz CT molecular complexity index is 430. The predicted molar refractivity (Wildman–Crippen MR) is 73.4 cm³/mol. The minimum Gasteiger partial charge on any atom is -0.355 e. The van der Waals surface area contributed by atoms with Crippen molar-refractivity contribution in [3.63, 3.8) is 0 Å². The lowest BCUT2D eigenvalue weighted by Crippen LogP contribution is -2.43. The second kappa shape index (κ2) is 6.16. The summed E-state index contributed by atoms with van der Waals surface area (Å²) in [4.78, 5) is 13.9. The average Bonchev–Trinajstić information content (AvgIpc) is 2.68. The molecule has 1 fully saturated rings. The monoisotopic (exact) mass is 265 g/mol. The molecule has 0 aliphatic carbocycles. The third kappa shape index (κ3) is 3.33. The molecule has 0 saturated carbocycles. The highest BCUT2D eigenvalue weighted by Gasteiger charge is 2.29. The molecule has 1 aliphatic heterocycles. The lowest BCUT2D eigenvalue weighted by atomic mass is 9.99. The summed E-state index contributed by atoms with van der Waals surface area (Å²) in [5.41, 5.74) is 7.36. The Kier molecular flexibility index (Phi) is 4.55. The zero-order chi connectivity index (χ0) is 13.8. The number of rotatable bonds is 4. The third-order valence-corrected chi connectivity index (χ3v) is 3.63. The number of nitrogens with one attached hydrogen (secondary N) is 1. The number of aromatic nitrogens is 2. The molecule has 1 aromatic heterocycles. The maximum Gasteiger partial charge on any atom is 0.234 e. The minimum atomic E-state index is 0.00935. The summed E-state index contributed by atoms with van der Waals surface area (Å²) in [6, 6.07) is 0.0673. The van der Waals surface area contributed by atoms with E-state index in [0.29, 0.717) is 6.54 Å². The van der Waals surface area contributed by atoms with Gasteiger partial charge in [0.15, 0.2) is 0 Å². The Labute approximate surface area is 113 Å². The van der Waals surface area contributed by atoms with Crippen molar-refractivity contribution >= 4 is 5.91 Å². The van der Waals surface area contributed by atoms with E-state index in [1.807, 2.05) is 19.4 Å². The first-order chi connectivity index (χ1) is 9.11. The van der Waals surface area contributed by atoms with E-state index in [9.17, 15) is 4.79 Å². The first-order valence-corrected chi connectivity index (χ1v) is 6.86. The molecule has 1 aliphatic rings. The lowest BCUT2D eigenvalue weighted by molar-refractivity contribution is -0.122. The highest BCUT2D eigenvalue weighted by molar-refractivity contribution is 5.78. The Hall–Kier alpha value is -1.40. The summed E-state index contributed by atoms with van der Waals surface area (Å²) < 4.78 is 1.78. The number of nitrogens with zero attached hydrogens (tertiary/aromatic N) is 3. The fourth-order valence-electron chi connectivity index (χ4n) is 2.61. The van der Waals surface area contributed by atoms with Gasteiger partial charge in [-0.05, 0) is 12.8 Å². The fraction of sp³-hybridized carbons (Fsp3) is 0.692. The standard InChI is InChI=1S/C13H23N5O/c1-3-11(14)13(10-7-16-17(2)8-10)18-6-4-5-15-12(19)9-18/h7-8,11,13H,3-6,9,14H2,1-2H3,(H,15,19). The van der Waals surface area contributed by atoms with Crippen LogP contribution in [0.3, 0.4) is 0 Å². The van der Waals surface area contributed by atoms with Gasteiger partial charge in [-0.1, -0.05) is 6.92 Å². The van der Waals surface area contributed by atoms with Crippen molar-refractivity contribution in [2.24, 2.45) is 12.8 Å². The van der Waals surface area contributed by atoms with Gasteiger partial charge in [0.05, 0.1) is 18.8 Å². The van der Waals surface area contributed by atoms with Gasteiger partial charge in [-0.2, -0.15) is 5.10 Å². The maximum atomic E-state index is 11.7. The van der Waals surface area contributed by atoms with Crippen molar-refractivity contribution in [1.82, 2.24) is 20.0 Å². The van der Waals surface area contributed by atoms with Crippen LogP contribution in [0.5, 0.6) is 0 Å². The molecule has 106 valence electrons. The van der Waals surface area contributed by atoms with Crippen molar-refractivity contribution < 1.29 is 4.79 Å². The Morgan fingerprint density at radius 1 is 1.58 bits per heavy atom. The number of carbonyl (C=O) groups excluding carboxylic acids is 1. The summed E-state index contributed by atoms with van der Waals surface area (Å²) in [6.45, 7) is 4.11. The molecule has 1 aromatic rings. The van der Waals surface area contributed by atoms with E-state index in [4.69, 9.17) is 5.73 Å². The molecule has 0 radical (unpaired) electrons. The van der Waals surface area contributed by atoms with Crippen LogP contribution in [0.2, 0.25) is 0 Å². The molecule has 2 rings (SSSR count). The largest absolute Gasteiger partial charge is 0.355 e. The van der Waals surface area contributed by atoms with E-state index >= 15 is 0 Å². The highest BCUT2D eigenvalue weighted by atomic mass is 16.2. The van der Waals surface area contributed by atoms with E-state index in [-0.39, 0.29) is 18.0 Å². The molecule has 6 nitrogen and oxygen atoms in total. The SMILES string of the molecule is CCC(N)C(c1cnn(C)c1)N1CCCNC(=O)C1. The summed E-state index contributed by atoms with van der Waals surface area (Å²) in [5, 5.41) is 7.13. The van der Waals surface area contributed by atoms with Crippen LogP contribution in [0.15, 0.2) is 12.4 Å². The Morgan fingerprint density at radius 3 is 3.00 bits per heavy atom. The second-order valence-electron chi connectivity index (χ2n) is 5.14. The van der Waals surface area contributed by atoms with Crippen molar-refractivity contribution in [3.05, 3.63) is 18.0 Å². The van der Waals surface area contributed by atoms with Crippen molar-refractivity contribution in [1.29, 1.82) is 0 Å². The van der Waals surface area contributed by atoms with Gasteiger partial charge in [-0.25, -0.2) is 0 Å². The molecule has 3 N–H and O–H groups in total. The van der Waals surface area contributed by atoms with Gasteiger partial charge in [0.25, 0.3) is 0 Å². The van der Waals surface area contributed by atoms with Gasteiger partial charge in [0.1, 0.15) is 0 Å². The normalized spacial score (nSPS) is 20.7. The molecule has 1 saturated heterocycles. The molecule has 0 aromatic carbocycles. The van der Waals surface area contributed by atoms with E-state index in [1.54, 1.807) is 4.68 Å². The smallest absolute Gasteiger partial charge is 0.234 e. The summed E-state index contributed by atoms with van der Waals surface area (Å²) in [5.74, 6) is 0.0784. The first-order valence-electron chi connectivity index (χ1n) is 6.86. The van der Waals surface area contributed by atoms with Gasteiger partial charge in [-0.15, -0.1) is 0 Å². The topological polar surface area (TPSA) is 76.2 Å². The average molecular weight is 265 g/mol. The Morgan fingerprint density at radius 2 is 2.37 bits per heavy atom. The lowest BCUT2D eigenvalue weighted by Gasteiger charge is -2.33. The highest BCUT2D eigenvalue weighted by Crippen LogP contribution is 2.25. The van der Waals surface area contributed by atoms with E-state index in [2.05, 4.69) is 22.2 Å². The van der Waals surface area contributed by atoms with Crippen LogP contribution in [0.4, 0.5) is 0 Å². The summed E-state index contributed by atoms with van der Waals surface area (Å²) >= 11 is 0. The van der Waals surface area contributed by atoms with Gasteiger partial charge < -0.3 is 11.1 Å². The van der Waals surface area contributed by atoms with Crippen LogP contribution in [-0.4, -0.2) is 46.3 Å². The van der Waals surface area contributed by atoms with Crippen LogP contribution in [0, 0.1) is 0 Å². The number of carbonyl (C=O) groups is 1. The molecule has 2 unspecified atom stereocenters. The molecular formula is C13H23N5O. The van der Waals surface area contributed by atoms with Crippen LogP contribution in [-0.2, 0) is 11.8 Å².